The second-order valence-electron chi connectivity index (χ2n) is 5.72. The van der Waals surface area contributed by atoms with Crippen molar-refractivity contribution in [3.8, 4) is 0 Å². The fraction of sp³-hybridized carbons (Fsp3) is 0.562. The minimum absolute atomic E-state index is 0.0448. The smallest absolute Gasteiger partial charge is 0.241 e. The fourth-order valence-electron chi connectivity index (χ4n) is 2.82. The first-order chi connectivity index (χ1) is 9.93. The monoisotopic (exact) mass is 308 g/mol. The first-order valence-electron chi connectivity index (χ1n) is 7.41. The van der Waals surface area contributed by atoms with Crippen molar-refractivity contribution in [3.05, 3.63) is 35.4 Å². The molecule has 0 aliphatic carbocycles. The van der Waals surface area contributed by atoms with Crippen LogP contribution in [0.3, 0.4) is 0 Å². The third kappa shape index (κ3) is 3.52. The average Bonchev–Trinajstić information content (AvgIpc) is 2.74. The van der Waals surface area contributed by atoms with Gasteiger partial charge in [-0.3, -0.25) is 14.3 Å². The lowest BCUT2D eigenvalue weighted by molar-refractivity contribution is -0.131. The van der Waals surface area contributed by atoms with Gasteiger partial charge in [0.25, 0.3) is 0 Å². The molecule has 1 aromatic rings. The highest BCUT2D eigenvalue weighted by Crippen LogP contribution is 2.28. The van der Waals surface area contributed by atoms with Gasteiger partial charge in [-0.2, -0.15) is 0 Å². The molecule has 4 nitrogen and oxygen atoms in total. The van der Waals surface area contributed by atoms with Gasteiger partial charge in [-0.25, -0.2) is 0 Å². The first kappa shape index (κ1) is 16.2. The topological polar surface area (TPSA) is 49.4 Å². The minimum Gasteiger partial charge on any atom is -0.318 e. The van der Waals surface area contributed by atoms with Crippen LogP contribution in [0.25, 0.3) is 0 Å². The molecule has 0 aromatic heterocycles. The van der Waals surface area contributed by atoms with Gasteiger partial charge in [-0.1, -0.05) is 31.2 Å². The molecule has 0 spiro atoms. The summed E-state index contributed by atoms with van der Waals surface area (Å²) < 4.78 is 11.5. The van der Waals surface area contributed by atoms with E-state index in [0.717, 1.165) is 12.0 Å². The van der Waals surface area contributed by atoms with Crippen LogP contribution in [0.2, 0.25) is 0 Å². The largest absolute Gasteiger partial charge is 0.318 e. The lowest BCUT2D eigenvalue weighted by Gasteiger charge is -2.30. The standard InChI is InChI=1S/C16H24N2O2S/c1-5-13-6-8-14(9-7-13)15-17-12(3)16(19)18(15)11(2)10-21(4)20/h6-9,11-12,15,17H,5,10H2,1-4H3. The molecule has 1 amide bonds. The lowest BCUT2D eigenvalue weighted by atomic mass is 10.1. The van der Waals surface area contributed by atoms with E-state index in [1.165, 1.54) is 5.56 Å². The summed E-state index contributed by atoms with van der Waals surface area (Å²) in [6.45, 7) is 5.97. The molecular formula is C16H24N2O2S. The van der Waals surface area contributed by atoms with Gasteiger partial charge in [0.2, 0.25) is 5.91 Å². The maximum atomic E-state index is 12.4. The summed E-state index contributed by atoms with van der Waals surface area (Å²) in [5.74, 6) is 0.585. The number of hydrogen-bond donors (Lipinski definition) is 1. The molecule has 4 unspecified atom stereocenters. The van der Waals surface area contributed by atoms with E-state index in [2.05, 4.69) is 36.5 Å². The predicted octanol–water partition coefficient (Wildman–Crippen LogP) is 1.83. The summed E-state index contributed by atoms with van der Waals surface area (Å²) in [4.78, 5) is 14.2. The van der Waals surface area contributed by atoms with Crippen LogP contribution in [0.5, 0.6) is 0 Å². The van der Waals surface area contributed by atoms with Crippen molar-refractivity contribution in [2.24, 2.45) is 0 Å². The SMILES string of the molecule is CCc1ccc(C2NC(C)C(=O)N2C(C)CS(C)=O)cc1. The zero-order valence-corrected chi connectivity index (χ0v) is 13.9. The maximum Gasteiger partial charge on any atom is 0.241 e. The highest BCUT2D eigenvalue weighted by Gasteiger charge is 2.39. The Labute approximate surface area is 129 Å². The number of carbonyl (C=O) groups excluding carboxylic acids is 1. The van der Waals surface area contributed by atoms with Crippen molar-refractivity contribution in [3.63, 3.8) is 0 Å². The summed E-state index contributed by atoms with van der Waals surface area (Å²) >= 11 is 0. The molecular weight excluding hydrogens is 284 g/mol. The molecule has 1 saturated heterocycles. The number of nitrogens with zero attached hydrogens (tertiary/aromatic N) is 1. The number of benzene rings is 1. The average molecular weight is 308 g/mol. The summed E-state index contributed by atoms with van der Waals surface area (Å²) in [5, 5.41) is 3.34. The van der Waals surface area contributed by atoms with Gasteiger partial charge in [-0.05, 0) is 31.4 Å². The molecule has 1 fully saturated rings. The molecule has 1 aliphatic rings. The van der Waals surface area contributed by atoms with E-state index >= 15 is 0 Å². The van der Waals surface area contributed by atoms with Crippen molar-refractivity contribution in [1.29, 1.82) is 0 Å². The van der Waals surface area contributed by atoms with E-state index < -0.39 is 10.8 Å². The Bertz CT molecular complexity index is 530. The van der Waals surface area contributed by atoms with Gasteiger partial charge in [0.1, 0.15) is 6.17 Å². The summed E-state index contributed by atoms with van der Waals surface area (Å²) in [5.41, 5.74) is 2.36. The van der Waals surface area contributed by atoms with E-state index in [9.17, 15) is 9.00 Å². The molecule has 4 atom stereocenters. The normalized spacial score (nSPS) is 25.1. The quantitative estimate of drug-likeness (QED) is 0.903. The fourth-order valence-corrected chi connectivity index (χ4v) is 3.66. The number of hydrogen-bond acceptors (Lipinski definition) is 3. The number of aryl methyl sites for hydroxylation is 1. The van der Waals surface area contributed by atoms with Crippen molar-refractivity contribution in [2.45, 2.75) is 45.4 Å². The van der Waals surface area contributed by atoms with Gasteiger partial charge in [0, 0.05) is 28.9 Å². The van der Waals surface area contributed by atoms with Gasteiger partial charge >= 0.3 is 0 Å². The van der Waals surface area contributed by atoms with E-state index in [1.54, 1.807) is 6.26 Å². The Kier molecular flexibility index (Phi) is 5.17. The van der Waals surface area contributed by atoms with Crippen LogP contribution >= 0.6 is 0 Å². The maximum absolute atomic E-state index is 12.4. The predicted molar refractivity (Wildman–Crippen MR) is 86.4 cm³/mol. The van der Waals surface area contributed by atoms with Gasteiger partial charge in [-0.15, -0.1) is 0 Å². The third-order valence-electron chi connectivity index (χ3n) is 3.97. The number of rotatable bonds is 5. The zero-order valence-electron chi connectivity index (χ0n) is 13.1. The highest BCUT2D eigenvalue weighted by molar-refractivity contribution is 7.84. The van der Waals surface area contributed by atoms with Crippen LogP contribution in [0, 0.1) is 0 Å². The second kappa shape index (κ2) is 6.71. The molecule has 0 saturated carbocycles. The Morgan fingerprint density at radius 3 is 2.48 bits per heavy atom. The number of nitrogens with one attached hydrogen (secondary N) is 1. The molecule has 21 heavy (non-hydrogen) atoms. The molecule has 1 aromatic carbocycles. The Balaban J connectivity index is 2.26. The van der Waals surface area contributed by atoms with Crippen LogP contribution in [-0.2, 0) is 22.0 Å². The van der Waals surface area contributed by atoms with E-state index in [1.807, 2.05) is 18.7 Å². The van der Waals surface area contributed by atoms with E-state index in [-0.39, 0.29) is 24.2 Å². The van der Waals surface area contributed by atoms with Gasteiger partial charge in [0.15, 0.2) is 0 Å². The van der Waals surface area contributed by atoms with Crippen molar-refractivity contribution < 1.29 is 9.00 Å². The molecule has 2 rings (SSSR count). The summed E-state index contributed by atoms with van der Waals surface area (Å²) in [7, 11) is -0.916. The van der Waals surface area contributed by atoms with E-state index in [4.69, 9.17) is 0 Å². The van der Waals surface area contributed by atoms with Crippen LogP contribution in [-0.4, -0.2) is 39.1 Å². The second-order valence-corrected chi connectivity index (χ2v) is 7.20. The first-order valence-corrected chi connectivity index (χ1v) is 9.13. The van der Waals surface area contributed by atoms with Crippen LogP contribution in [0.1, 0.15) is 38.1 Å². The Morgan fingerprint density at radius 1 is 1.33 bits per heavy atom. The Morgan fingerprint density at radius 2 is 1.95 bits per heavy atom. The highest BCUT2D eigenvalue weighted by atomic mass is 32.2. The van der Waals surface area contributed by atoms with Crippen LogP contribution in [0.4, 0.5) is 0 Å². The molecule has 1 aliphatic heterocycles. The zero-order chi connectivity index (χ0) is 15.6. The summed E-state index contributed by atoms with van der Waals surface area (Å²) in [6, 6.07) is 8.11. The third-order valence-corrected chi connectivity index (χ3v) is 4.92. The van der Waals surface area contributed by atoms with Crippen molar-refractivity contribution in [2.75, 3.05) is 12.0 Å². The molecule has 5 heteroatoms. The molecule has 116 valence electrons. The molecule has 0 bridgehead atoms. The van der Waals surface area contributed by atoms with Crippen LogP contribution in [0.15, 0.2) is 24.3 Å². The molecule has 0 radical (unpaired) electrons. The Hall–Kier alpha value is -1.20. The van der Waals surface area contributed by atoms with Gasteiger partial charge < -0.3 is 4.90 Å². The minimum atomic E-state index is -0.916. The summed E-state index contributed by atoms with van der Waals surface area (Å²) in [6.07, 6.45) is 2.55. The molecule has 1 heterocycles. The van der Waals surface area contributed by atoms with E-state index in [0.29, 0.717) is 5.75 Å². The van der Waals surface area contributed by atoms with Gasteiger partial charge in [0.05, 0.1) is 6.04 Å². The number of carbonyl (C=O) groups is 1. The van der Waals surface area contributed by atoms with Crippen molar-refractivity contribution >= 4 is 16.7 Å². The van der Waals surface area contributed by atoms with Crippen molar-refractivity contribution in [1.82, 2.24) is 10.2 Å². The molecule has 1 N–H and O–H groups in total. The van der Waals surface area contributed by atoms with Crippen LogP contribution < -0.4 is 5.32 Å². The lowest BCUT2D eigenvalue weighted by Crippen LogP contribution is -2.41. The number of amides is 1.